The normalized spacial score (nSPS) is 19.6. The van der Waals surface area contributed by atoms with E-state index >= 15 is 0 Å². The highest BCUT2D eigenvalue weighted by Gasteiger charge is 2.23. The fourth-order valence-electron chi connectivity index (χ4n) is 2.51. The van der Waals surface area contributed by atoms with Crippen molar-refractivity contribution < 1.29 is 14.6 Å². The third-order valence-electron chi connectivity index (χ3n) is 3.49. The van der Waals surface area contributed by atoms with Crippen LogP contribution >= 0.6 is 0 Å². The van der Waals surface area contributed by atoms with Gasteiger partial charge in [0.2, 0.25) is 0 Å². The van der Waals surface area contributed by atoms with E-state index in [1.165, 1.54) is 6.42 Å². The predicted molar refractivity (Wildman–Crippen MR) is 74.8 cm³/mol. The predicted octanol–water partition coefficient (Wildman–Crippen LogP) is 1.92. The Balaban J connectivity index is 1.82. The maximum Gasteiger partial charge on any atom is 0.161 e. The zero-order valence-corrected chi connectivity index (χ0v) is 11.5. The summed E-state index contributed by atoms with van der Waals surface area (Å²) in [7, 11) is 0. The summed E-state index contributed by atoms with van der Waals surface area (Å²) in [4.78, 5) is 2.29. The first-order valence-electron chi connectivity index (χ1n) is 7.04. The largest absolute Gasteiger partial charge is 0.490 e. The molecule has 19 heavy (non-hydrogen) atoms. The van der Waals surface area contributed by atoms with Crippen molar-refractivity contribution in [1.29, 1.82) is 0 Å². The number of hydrogen-bond donors (Lipinski definition) is 1. The number of ether oxygens (including phenoxy) is 2. The van der Waals surface area contributed by atoms with Gasteiger partial charge in [0.15, 0.2) is 11.5 Å². The average Bonchev–Trinajstić information content (AvgIpc) is 2.88. The molecule has 0 bridgehead atoms. The number of nitrogens with zero attached hydrogens (tertiary/aromatic N) is 1. The summed E-state index contributed by atoms with van der Waals surface area (Å²) in [5, 5.41) is 9.26. The molecule has 0 amide bonds. The van der Waals surface area contributed by atoms with E-state index in [-0.39, 0.29) is 6.61 Å². The first-order valence-corrected chi connectivity index (χ1v) is 7.04. The van der Waals surface area contributed by atoms with Crippen molar-refractivity contribution >= 4 is 0 Å². The van der Waals surface area contributed by atoms with Crippen molar-refractivity contribution in [2.75, 3.05) is 32.9 Å². The highest BCUT2D eigenvalue weighted by atomic mass is 16.5. The third kappa shape index (κ3) is 3.85. The maximum absolute atomic E-state index is 9.26. The Bertz CT molecular complexity index is 383. The summed E-state index contributed by atoms with van der Waals surface area (Å²) in [5.41, 5.74) is 0. The van der Waals surface area contributed by atoms with Crippen LogP contribution in [-0.2, 0) is 0 Å². The van der Waals surface area contributed by atoms with Crippen molar-refractivity contribution in [1.82, 2.24) is 4.90 Å². The van der Waals surface area contributed by atoms with Gasteiger partial charge in [-0.2, -0.15) is 0 Å². The monoisotopic (exact) mass is 265 g/mol. The second-order valence-corrected chi connectivity index (χ2v) is 4.74. The molecule has 0 spiro atoms. The van der Waals surface area contributed by atoms with Crippen LogP contribution in [0.5, 0.6) is 11.5 Å². The quantitative estimate of drug-likeness (QED) is 0.818. The van der Waals surface area contributed by atoms with Crippen molar-refractivity contribution in [3.63, 3.8) is 0 Å². The molecule has 1 fully saturated rings. The van der Waals surface area contributed by atoms with Gasteiger partial charge in [-0.05, 0) is 38.4 Å². The molecule has 1 aromatic rings. The van der Waals surface area contributed by atoms with E-state index in [4.69, 9.17) is 9.47 Å². The minimum absolute atomic E-state index is 0.246. The van der Waals surface area contributed by atoms with E-state index in [1.807, 2.05) is 31.2 Å². The molecule has 0 aliphatic carbocycles. The van der Waals surface area contributed by atoms with Crippen molar-refractivity contribution in [3.8, 4) is 11.5 Å². The van der Waals surface area contributed by atoms with Gasteiger partial charge >= 0.3 is 0 Å². The number of para-hydroxylation sites is 2. The smallest absolute Gasteiger partial charge is 0.161 e. The molecule has 2 rings (SSSR count). The number of rotatable bonds is 7. The average molecular weight is 265 g/mol. The molecule has 1 aliphatic heterocycles. The van der Waals surface area contributed by atoms with Crippen molar-refractivity contribution in [2.24, 2.45) is 0 Å². The first kappa shape index (κ1) is 14.2. The number of aliphatic hydroxyl groups excluding tert-OH is 1. The Morgan fingerprint density at radius 3 is 2.68 bits per heavy atom. The number of benzene rings is 1. The standard InChI is InChI=1S/C15H23NO3/c1-2-18-14-7-3-4-8-15(14)19-11-10-16-9-5-6-13(16)12-17/h3-4,7-8,13,17H,2,5-6,9-12H2,1H3. The summed E-state index contributed by atoms with van der Waals surface area (Å²) in [5.74, 6) is 1.59. The second-order valence-electron chi connectivity index (χ2n) is 4.74. The number of hydrogen-bond acceptors (Lipinski definition) is 4. The first-order chi connectivity index (χ1) is 9.35. The van der Waals surface area contributed by atoms with Crippen LogP contribution in [0.3, 0.4) is 0 Å². The molecular formula is C15H23NO3. The fraction of sp³-hybridized carbons (Fsp3) is 0.600. The van der Waals surface area contributed by atoms with Crippen LogP contribution in [0.1, 0.15) is 19.8 Å². The van der Waals surface area contributed by atoms with E-state index in [2.05, 4.69) is 4.90 Å². The lowest BCUT2D eigenvalue weighted by Crippen LogP contribution is -2.35. The zero-order valence-electron chi connectivity index (χ0n) is 11.5. The molecule has 106 valence electrons. The lowest BCUT2D eigenvalue weighted by atomic mass is 10.2. The van der Waals surface area contributed by atoms with Crippen LogP contribution < -0.4 is 9.47 Å². The molecule has 1 aliphatic rings. The summed E-state index contributed by atoms with van der Waals surface area (Å²) in [6, 6.07) is 8.05. The molecule has 1 aromatic carbocycles. The van der Waals surface area contributed by atoms with Gasteiger partial charge < -0.3 is 14.6 Å². The maximum atomic E-state index is 9.26. The molecule has 1 saturated heterocycles. The van der Waals surface area contributed by atoms with Crippen LogP contribution in [0.4, 0.5) is 0 Å². The molecule has 4 heteroatoms. The molecule has 0 aromatic heterocycles. The van der Waals surface area contributed by atoms with Crippen LogP contribution in [0.15, 0.2) is 24.3 Å². The SMILES string of the molecule is CCOc1ccccc1OCCN1CCCC1CO. The van der Waals surface area contributed by atoms with Gasteiger partial charge in [-0.1, -0.05) is 12.1 Å². The summed E-state index contributed by atoms with van der Waals surface area (Å²) in [6.45, 7) is 5.38. The fourth-order valence-corrected chi connectivity index (χ4v) is 2.51. The van der Waals surface area contributed by atoms with Crippen molar-refractivity contribution in [3.05, 3.63) is 24.3 Å². The molecule has 1 N–H and O–H groups in total. The second kappa shape index (κ2) is 7.36. The Morgan fingerprint density at radius 2 is 2.00 bits per heavy atom. The number of aliphatic hydroxyl groups is 1. The Hall–Kier alpha value is -1.26. The topological polar surface area (TPSA) is 41.9 Å². The van der Waals surface area contributed by atoms with Gasteiger partial charge in [0, 0.05) is 12.6 Å². The number of likely N-dealkylation sites (tertiary alicyclic amines) is 1. The molecule has 1 atom stereocenters. The van der Waals surface area contributed by atoms with Gasteiger partial charge in [0.05, 0.1) is 13.2 Å². The summed E-state index contributed by atoms with van der Waals surface area (Å²) >= 11 is 0. The molecule has 4 nitrogen and oxygen atoms in total. The van der Waals surface area contributed by atoms with E-state index in [0.29, 0.717) is 19.3 Å². The van der Waals surface area contributed by atoms with Gasteiger partial charge in [0.1, 0.15) is 6.61 Å². The van der Waals surface area contributed by atoms with E-state index in [9.17, 15) is 5.11 Å². The van der Waals surface area contributed by atoms with Gasteiger partial charge in [0.25, 0.3) is 0 Å². The minimum Gasteiger partial charge on any atom is -0.490 e. The van der Waals surface area contributed by atoms with Crippen molar-refractivity contribution in [2.45, 2.75) is 25.8 Å². The van der Waals surface area contributed by atoms with Gasteiger partial charge in [-0.25, -0.2) is 0 Å². The lowest BCUT2D eigenvalue weighted by Gasteiger charge is -2.22. The molecule has 1 heterocycles. The summed E-state index contributed by atoms with van der Waals surface area (Å²) in [6.07, 6.45) is 2.26. The summed E-state index contributed by atoms with van der Waals surface area (Å²) < 4.78 is 11.3. The third-order valence-corrected chi connectivity index (χ3v) is 3.49. The zero-order chi connectivity index (χ0) is 13.5. The van der Waals surface area contributed by atoms with Crippen LogP contribution in [0.25, 0.3) is 0 Å². The van der Waals surface area contributed by atoms with Crippen LogP contribution in [0.2, 0.25) is 0 Å². The highest BCUT2D eigenvalue weighted by molar-refractivity contribution is 5.39. The lowest BCUT2D eigenvalue weighted by molar-refractivity contribution is 0.138. The Labute approximate surface area is 114 Å². The molecule has 0 saturated carbocycles. The van der Waals surface area contributed by atoms with E-state index < -0.39 is 0 Å². The molecular weight excluding hydrogens is 242 g/mol. The Kier molecular flexibility index (Phi) is 5.48. The van der Waals surface area contributed by atoms with Gasteiger partial charge in [-0.15, -0.1) is 0 Å². The van der Waals surface area contributed by atoms with Crippen LogP contribution in [0, 0.1) is 0 Å². The Morgan fingerprint density at radius 1 is 1.26 bits per heavy atom. The molecule has 1 unspecified atom stereocenters. The molecule has 0 radical (unpaired) electrons. The van der Waals surface area contributed by atoms with Gasteiger partial charge in [-0.3, -0.25) is 4.90 Å². The van der Waals surface area contributed by atoms with Crippen LogP contribution in [-0.4, -0.2) is 49.0 Å². The highest BCUT2D eigenvalue weighted by Crippen LogP contribution is 2.26. The van der Waals surface area contributed by atoms with E-state index in [0.717, 1.165) is 31.0 Å². The van der Waals surface area contributed by atoms with E-state index in [1.54, 1.807) is 0 Å². The minimum atomic E-state index is 0.246.